The van der Waals surface area contributed by atoms with Gasteiger partial charge in [-0.05, 0) is 0 Å². The van der Waals surface area contributed by atoms with E-state index in [0.29, 0.717) is 0 Å². The standard InChI is InChI=1S/AsF2HS/c2-1(3)4/h4H. The molecular formula is HAsF2S. The average Bonchev–Trinajstić information content (AvgIpc) is 0.811. The van der Waals surface area contributed by atoms with E-state index in [1.807, 2.05) is 0 Å². The van der Waals surface area contributed by atoms with E-state index < -0.39 is 14.4 Å². The van der Waals surface area contributed by atoms with Crippen molar-refractivity contribution >= 4 is 25.3 Å². The molecule has 0 aliphatic rings. The summed E-state index contributed by atoms with van der Waals surface area (Å²) in [6, 6.07) is 0. The number of halogens is 2. The van der Waals surface area contributed by atoms with Gasteiger partial charge in [0.25, 0.3) is 0 Å². The summed E-state index contributed by atoms with van der Waals surface area (Å²) in [5, 5.41) is 0. The molecule has 0 aromatic heterocycles. The van der Waals surface area contributed by atoms with Crippen molar-refractivity contribution in [3.63, 3.8) is 0 Å². The summed E-state index contributed by atoms with van der Waals surface area (Å²) in [5.41, 5.74) is 0. The summed E-state index contributed by atoms with van der Waals surface area (Å²) >= 11 is -3.49. The van der Waals surface area contributed by atoms with Crippen LogP contribution in [0.4, 0.5) is 6.93 Å². The topological polar surface area (TPSA) is 0 Å². The maximum absolute atomic E-state index is 10.3. The molecule has 0 atom stereocenters. The molecule has 0 N–H and O–H groups in total. The molecule has 0 aromatic rings. The minimum atomic E-state index is -3.49. The van der Waals surface area contributed by atoms with Gasteiger partial charge < -0.3 is 0 Å². The third kappa shape index (κ3) is 14.7. The summed E-state index contributed by atoms with van der Waals surface area (Å²) in [5.74, 6) is 0. The molecule has 0 radical (unpaired) electrons. The van der Waals surface area contributed by atoms with Gasteiger partial charge in [-0.3, -0.25) is 0 Å². The van der Waals surface area contributed by atoms with E-state index in [0.717, 1.165) is 0 Å². The number of rotatable bonds is 0. The quantitative estimate of drug-likeness (QED) is 0.380. The van der Waals surface area contributed by atoms with E-state index in [-0.39, 0.29) is 0 Å². The van der Waals surface area contributed by atoms with Gasteiger partial charge in [0.15, 0.2) is 0 Å². The Hall–Kier alpha value is 0.768. The van der Waals surface area contributed by atoms with Gasteiger partial charge in [0, 0.05) is 0 Å². The van der Waals surface area contributed by atoms with Crippen molar-refractivity contribution in [3.8, 4) is 0 Å². The minimum absolute atomic E-state index is 2.78. The van der Waals surface area contributed by atoms with Crippen LogP contribution in [0.1, 0.15) is 0 Å². The van der Waals surface area contributed by atoms with Crippen LogP contribution in [-0.4, -0.2) is 14.4 Å². The van der Waals surface area contributed by atoms with Crippen molar-refractivity contribution in [1.82, 2.24) is 0 Å². The second kappa shape index (κ2) is 2.03. The number of hydrogen-bond donors (Lipinski definition) is 1. The van der Waals surface area contributed by atoms with Crippen LogP contribution in [0.15, 0.2) is 0 Å². The summed E-state index contributed by atoms with van der Waals surface area (Å²) in [4.78, 5) is 0. The molecule has 0 saturated heterocycles. The molecule has 0 amide bonds. The molecule has 0 nitrogen and oxygen atoms in total. The molecule has 0 fully saturated rings. The zero-order valence-electron chi connectivity index (χ0n) is 1.65. The number of hydrogen-bond acceptors (Lipinski definition) is 1. The Kier molecular flexibility index (Phi) is 2.42. The zero-order chi connectivity index (χ0) is 3.58. The molecule has 4 heteroatoms. The second-order valence-electron chi connectivity index (χ2n) is 0.215. The first-order chi connectivity index (χ1) is 1.73. The summed E-state index contributed by atoms with van der Waals surface area (Å²) in [6.07, 6.45) is 0. The Morgan fingerprint density at radius 3 is 1.50 bits per heavy atom. The van der Waals surface area contributed by atoms with E-state index in [4.69, 9.17) is 0 Å². The molecule has 0 bridgehead atoms. The van der Waals surface area contributed by atoms with Crippen LogP contribution in [0, 0.1) is 0 Å². The van der Waals surface area contributed by atoms with E-state index in [9.17, 15) is 6.93 Å². The van der Waals surface area contributed by atoms with Gasteiger partial charge in [0.05, 0.1) is 0 Å². The van der Waals surface area contributed by atoms with Crippen LogP contribution >= 0.6 is 10.9 Å². The molecule has 4 heavy (non-hydrogen) atoms. The van der Waals surface area contributed by atoms with Crippen molar-refractivity contribution in [2.45, 2.75) is 0 Å². The fourth-order valence-electron chi connectivity index (χ4n) is 0. The van der Waals surface area contributed by atoms with Crippen LogP contribution in [-0.2, 0) is 0 Å². The normalized spacial score (nSPS) is 9.00. The Morgan fingerprint density at radius 1 is 1.50 bits per heavy atom. The summed E-state index contributed by atoms with van der Waals surface area (Å²) in [7, 11) is 2.78. The first-order valence-electron chi connectivity index (χ1n) is 0.538. The molecule has 0 spiro atoms. The van der Waals surface area contributed by atoms with Crippen molar-refractivity contribution in [3.05, 3.63) is 0 Å². The molecule has 0 aliphatic heterocycles. The van der Waals surface area contributed by atoms with E-state index >= 15 is 0 Å². The molecule has 0 heterocycles. The van der Waals surface area contributed by atoms with Crippen molar-refractivity contribution in [1.29, 1.82) is 0 Å². The Labute approximate surface area is 32.9 Å². The molecular weight excluding hydrogens is 145 g/mol. The Bertz CT molecular complexity index is 10.8. The van der Waals surface area contributed by atoms with Crippen LogP contribution < -0.4 is 0 Å². The second-order valence-corrected chi connectivity index (χ2v) is 2.69. The summed E-state index contributed by atoms with van der Waals surface area (Å²) < 4.78 is 20.7. The van der Waals surface area contributed by atoms with Gasteiger partial charge in [0.2, 0.25) is 0 Å². The molecule has 0 saturated carbocycles. The van der Waals surface area contributed by atoms with Gasteiger partial charge in [-0.2, -0.15) is 0 Å². The number of thiol groups is 1. The van der Waals surface area contributed by atoms with Crippen molar-refractivity contribution in [2.24, 2.45) is 0 Å². The molecule has 0 aliphatic carbocycles. The third-order valence-corrected chi connectivity index (χ3v) is 0. The van der Waals surface area contributed by atoms with Crippen LogP contribution in [0.5, 0.6) is 0 Å². The monoisotopic (exact) mass is 146 g/mol. The van der Waals surface area contributed by atoms with E-state index in [1.165, 1.54) is 0 Å². The van der Waals surface area contributed by atoms with Gasteiger partial charge in [0.1, 0.15) is 0 Å². The van der Waals surface area contributed by atoms with Crippen molar-refractivity contribution < 1.29 is 6.93 Å². The first-order valence-corrected chi connectivity index (χ1v) is 4.87. The van der Waals surface area contributed by atoms with E-state index in [2.05, 4.69) is 10.9 Å². The first kappa shape index (κ1) is 4.77. The van der Waals surface area contributed by atoms with Crippen LogP contribution in [0.25, 0.3) is 0 Å². The van der Waals surface area contributed by atoms with E-state index in [1.54, 1.807) is 0 Å². The van der Waals surface area contributed by atoms with Gasteiger partial charge in [-0.1, -0.05) is 0 Å². The molecule has 0 unspecified atom stereocenters. The van der Waals surface area contributed by atoms with Gasteiger partial charge >= 0.3 is 32.3 Å². The van der Waals surface area contributed by atoms with Gasteiger partial charge in [-0.25, -0.2) is 0 Å². The molecule has 0 rings (SSSR count). The van der Waals surface area contributed by atoms with Crippen LogP contribution in [0.3, 0.4) is 0 Å². The maximum atomic E-state index is 10.3. The average molecular weight is 146 g/mol. The predicted octanol–water partition coefficient (Wildman–Crippen LogP) is 0.840. The predicted molar refractivity (Wildman–Crippen MR) is 17.0 cm³/mol. The van der Waals surface area contributed by atoms with Crippen LogP contribution in [0.2, 0.25) is 0 Å². The summed E-state index contributed by atoms with van der Waals surface area (Å²) in [6.45, 7) is 0. The Balaban J connectivity index is 2.32. The molecule has 0 aromatic carbocycles. The SMILES string of the molecule is F[As](F)S. The fourth-order valence-corrected chi connectivity index (χ4v) is 0. The Morgan fingerprint density at radius 2 is 1.50 bits per heavy atom. The molecule has 26 valence electrons. The third-order valence-electron chi connectivity index (χ3n) is 0. The fraction of sp³-hybridized carbons (Fsp3) is 0. The van der Waals surface area contributed by atoms with Gasteiger partial charge in [-0.15, -0.1) is 0 Å². The van der Waals surface area contributed by atoms with Crippen molar-refractivity contribution in [2.75, 3.05) is 0 Å². The zero-order valence-corrected chi connectivity index (χ0v) is 4.42.